The molecule has 0 radical (unpaired) electrons. The van der Waals surface area contributed by atoms with Crippen molar-refractivity contribution in [3.63, 3.8) is 0 Å². The van der Waals surface area contributed by atoms with Crippen LogP contribution < -0.4 is 5.32 Å². The van der Waals surface area contributed by atoms with Gasteiger partial charge in [-0.1, -0.05) is 58.3 Å². The molecule has 0 aromatic heterocycles. The predicted octanol–water partition coefficient (Wildman–Crippen LogP) is 2.31. The molecule has 26 heavy (non-hydrogen) atoms. The molecule has 0 aliphatic rings. The van der Waals surface area contributed by atoms with Crippen LogP contribution in [0.3, 0.4) is 0 Å². The number of nitrogens with zero attached hydrogens (tertiary/aromatic N) is 1. The molecule has 0 fully saturated rings. The standard InChI is InChI=1S/C18H38N2O5S/c1-4-5-6-7-8-9-10-11-12-13-18(22)19-16-20(2,3)14-17(21)15-26(23,24)25/h17,21H,4-16H2,1-3H3,(H-,19,22,23,24,25)/p+1. The molecule has 0 saturated carbocycles. The first kappa shape index (κ1) is 25.3. The second-order valence-corrected chi connectivity index (χ2v) is 9.35. The summed E-state index contributed by atoms with van der Waals surface area (Å²) in [6.07, 6.45) is 10.2. The monoisotopic (exact) mass is 395 g/mol. The van der Waals surface area contributed by atoms with Crippen molar-refractivity contribution in [2.75, 3.05) is 33.1 Å². The van der Waals surface area contributed by atoms with Gasteiger partial charge in [-0.3, -0.25) is 9.35 Å². The van der Waals surface area contributed by atoms with Crippen molar-refractivity contribution in [2.45, 2.75) is 77.2 Å². The number of unbranched alkanes of at least 4 members (excludes halogenated alkanes) is 8. The number of amides is 1. The molecule has 7 nitrogen and oxygen atoms in total. The van der Waals surface area contributed by atoms with Crippen LogP contribution in [-0.2, 0) is 14.9 Å². The molecule has 0 aromatic rings. The van der Waals surface area contributed by atoms with E-state index < -0.39 is 22.0 Å². The molecular formula is C18H39N2O5S+. The van der Waals surface area contributed by atoms with Crippen molar-refractivity contribution in [3.8, 4) is 0 Å². The number of likely N-dealkylation sites (N-methyl/N-ethyl adjacent to an activating group) is 1. The maximum atomic E-state index is 11.9. The van der Waals surface area contributed by atoms with E-state index in [1.807, 2.05) is 0 Å². The average molecular weight is 396 g/mol. The summed E-state index contributed by atoms with van der Waals surface area (Å²) in [7, 11) is -0.633. The minimum absolute atomic E-state index is 0.0246. The maximum absolute atomic E-state index is 11.9. The van der Waals surface area contributed by atoms with Crippen LogP contribution in [0, 0.1) is 0 Å². The Morgan fingerprint density at radius 1 is 1.00 bits per heavy atom. The number of quaternary nitrogens is 1. The molecule has 8 heteroatoms. The lowest BCUT2D eigenvalue weighted by Gasteiger charge is -2.31. The van der Waals surface area contributed by atoms with Crippen molar-refractivity contribution in [2.24, 2.45) is 0 Å². The summed E-state index contributed by atoms with van der Waals surface area (Å²) in [5.74, 6) is -0.718. The Hall–Kier alpha value is -0.700. The van der Waals surface area contributed by atoms with Gasteiger partial charge >= 0.3 is 0 Å². The van der Waals surface area contributed by atoms with Crippen LogP contribution in [-0.4, -0.2) is 67.6 Å². The van der Waals surface area contributed by atoms with E-state index in [-0.39, 0.29) is 16.9 Å². The topological polar surface area (TPSA) is 104 Å². The van der Waals surface area contributed by atoms with E-state index in [2.05, 4.69) is 12.2 Å². The Balaban J connectivity index is 3.76. The molecule has 3 N–H and O–H groups in total. The molecule has 1 atom stereocenters. The Bertz CT molecular complexity index is 480. The smallest absolute Gasteiger partial charge is 0.267 e. The van der Waals surface area contributed by atoms with Crippen molar-refractivity contribution in [3.05, 3.63) is 0 Å². The van der Waals surface area contributed by atoms with Gasteiger partial charge in [-0.2, -0.15) is 8.42 Å². The summed E-state index contributed by atoms with van der Waals surface area (Å²) < 4.78 is 30.5. The normalized spacial score (nSPS) is 13.6. The van der Waals surface area contributed by atoms with Gasteiger partial charge in [0.25, 0.3) is 10.1 Å². The van der Waals surface area contributed by atoms with Crippen LogP contribution in [0.4, 0.5) is 0 Å². The molecule has 156 valence electrons. The van der Waals surface area contributed by atoms with Gasteiger partial charge in [-0.05, 0) is 6.42 Å². The molecule has 0 aromatic carbocycles. The minimum Gasteiger partial charge on any atom is -0.386 e. The van der Waals surface area contributed by atoms with Crippen LogP contribution >= 0.6 is 0 Å². The van der Waals surface area contributed by atoms with Crippen LogP contribution in [0.15, 0.2) is 0 Å². The third kappa shape index (κ3) is 16.8. The Labute approximate surface area is 159 Å². The average Bonchev–Trinajstić information content (AvgIpc) is 2.49. The zero-order chi connectivity index (χ0) is 20.1. The van der Waals surface area contributed by atoms with Crippen LogP contribution in [0.1, 0.15) is 71.1 Å². The third-order valence-electron chi connectivity index (χ3n) is 4.32. The highest BCUT2D eigenvalue weighted by molar-refractivity contribution is 7.85. The number of aliphatic hydroxyl groups excluding tert-OH is 1. The highest BCUT2D eigenvalue weighted by atomic mass is 32.2. The van der Waals surface area contributed by atoms with E-state index in [1.54, 1.807) is 14.1 Å². The number of aliphatic hydroxyl groups is 1. The van der Waals surface area contributed by atoms with Gasteiger partial charge in [0.2, 0.25) is 5.91 Å². The molecule has 0 aliphatic heterocycles. The summed E-state index contributed by atoms with van der Waals surface area (Å²) >= 11 is 0. The molecule has 0 heterocycles. The van der Waals surface area contributed by atoms with Gasteiger partial charge in [-0.15, -0.1) is 0 Å². The fourth-order valence-electron chi connectivity index (χ4n) is 2.92. The Kier molecular flexibility index (Phi) is 13.1. The van der Waals surface area contributed by atoms with E-state index in [1.165, 1.54) is 44.9 Å². The number of carbonyl (C=O) groups excluding carboxylic acids is 1. The SMILES string of the molecule is CCCCCCCCCCCC(=O)NC[N+](C)(C)CC(O)CS(=O)(=O)O. The zero-order valence-electron chi connectivity index (χ0n) is 16.7. The summed E-state index contributed by atoms with van der Waals surface area (Å²) in [6, 6.07) is 0. The van der Waals surface area contributed by atoms with Crippen LogP contribution in [0.25, 0.3) is 0 Å². The zero-order valence-corrected chi connectivity index (χ0v) is 17.6. The summed E-state index contributed by atoms with van der Waals surface area (Å²) in [5, 5.41) is 12.5. The summed E-state index contributed by atoms with van der Waals surface area (Å²) in [5.41, 5.74) is 0. The van der Waals surface area contributed by atoms with Gasteiger partial charge in [0.1, 0.15) is 18.4 Å². The van der Waals surface area contributed by atoms with Crippen molar-refractivity contribution in [1.29, 1.82) is 0 Å². The highest BCUT2D eigenvalue weighted by Gasteiger charge is 2.24. The number of hydrogen-bond acceptors (Lipinski definition) is 4. The molecule has 0 spiro atoms. The molecule has 0 bridgehead atoms. The number of nitrogens with one attached hydrogen (secondary N) is 1. The van der Waals surface area contributed by atoms with Gasteiger partial charge < -0.3 is 14.9 Å². The lowest BCUT2D eigenvalue weighted by molar-refractivity contribution is -0.894. The fourth-order valence-corrected chi connectivity index (χ4v) is 3.51. The predicted molar refractivity (Wildman–Crippen MR) is 104 cm³/mol. The van der Waals surface area contributed by atoms with Gasteiger partial charge in [-0.25, -0.2) is 0 Å². The minimum atomic E-state index is -4.20. The van der Waals surface area contributed by atoms with Crippen molar-refractivity contribution >= 4 is 16.0 Å². The first-order valence-electron chi connectivity index (χ1n) is 9.77. The first-order chi connectivity index (χ1) is 12.1. The molecule has 0 aliphatic carbocycles. The van der Waals surface area contributed by atoms with Gasteiger partial charge in [0.05, 0.1) is 14.1 Å². The number of hydrogen-bond donors (Lipinski definition) is 3. The molecule has 0 rings (SSSR count). The molecular weight excluding hydrogens is 356 g/mol. The second-order valence-electron chi connectivity index (χ2n) is 7.86. The van der Waals surface area contributed by atoms with Crippen LogP contribution in [0.5, 0.6) is 0 Å². The first-order valence-corrected chi connectivity index (χ1v) is 11.4. The van der Waals surface area contributed by atoms with Crippen molar-refractivity contribution < 1.29 is 27.4 Å². The highest BCUT2D eigenvalue weighted by Crippen LogP contribution is 2.10. The molecule has 1 amide bonds. The Morgan fingerprint density at radius 2 is 1.50 bits per heavy atom. The fraction of sp³-hybridized carbons (Fsp3) is 0.944. The largest absolute Gasteiger partial charge is 0.386 e. The lowest BCUT2D eigenvalue weighted by atomic mass is 10.1. The van der Waals surface area contributed by atoms with Gasteiger partial charge in [0.15, 0.2) is 6.67 Å². The summed E-state index contributed by atoms with van der Waals surface area (Å²) in [4.78, 5) is 11.9. The van der Waals surface area contributed by atoms with E-state index in [0.29, 0.717) is 13.1 Å². The second kappa shape index (κ2) is 13.5. The third-order valence-corrected chi connectivity index (χ3v) is 5.13. The van der Waals surface area contributed by atoms with E-state index in [9.17, 15) is 18.3 Å². The molecule has 1 unspecified atom stereocenters. The number of rotatable bonds is 16. The quantitative estimate of drug-likeness (QED) is 0.161. The maximum Gasteiger partial charge on any atom is 0.267 e. The Morgan fingerprint density at radius 3 is 2.00 bits per heavy atom. The van der Waals surface area contributed by atoms with Gasteiger partial charge in [0, 0.05) is 6.42 Å². The van der Waals surface area contributed by atoms with E-state index in [4.69, 9.17) is 4.55 Å². The molecule has 0 saturated heterocycles. The lowest BCUT2D eigenvalue weighted by Crippen LogP contribution is -2.52. The summed E-state index contributed by atoms with van der Waals surface area (Å²) in [6.45, 7) is 2.64. The van der Waals surface area contributed by atoms with Crippen molar-refractivity contribution in [1.82, 2.24) is 5.32 Å². The van der Waals surface area contributed by atoms with E-state index in [0.717, 1.165) is 12.8 Å². The number of carbonyl (C=O) groups is 1. The van der Waals surface area contributed by atoms with Crippen LogP contribution in [0.2, 0.25) is 0 Å². The van der Waals surface area contributed by atoms with E-state index >= 15 is 0 Å².